The molecule has 1 nitrogen and oxygen atoms in total. The van der Waals surface area contributed by atoms with Crippen LogP contribution in [0.5, 0.6) is 0 Å². The quantitative estimate of drug-likeness (QED) is 0.295. The maximum atomic E-state index is 13.3. The van der Waals surface area contributed by atoms with Crippen molar-refractivity contribution in [2.24, 2.45) is 5.92 Å². The number of hydrogen-bond acceptors (Lipinski definition) is 1. The van der Waals surface area contributed by atoms with Gasteiger partial charge in [0.05, 0.1) is 0 Å². The Bertz CT molecular complexity index is 762. The van der Waals surface area contributed by atoms with Gasteiger partial charge in [-0.3, -0.25) is 4.79 Å². The first-order valence-corrected chi connectivity index (χ1v) is 9.40. The molecule has 1 heteroatoms. The molecule has 26 heavy (non-hydrogen) atoms. The van der Waals surface area contributed by atoms with Crippen LogP contribution in [0.1, 0.15) is 57.3 Å². The van der Waals surface area contributed by atoms with Gasteiger partial charge in [0.1, 0.15) is 0 Å². The van der Waals surface area contributed by atoms with E-state index < -0.39 is 0 Å². The fourth-order valence-electron chi connectivity index (χ4n) is 3.09. The van der Waals surface area contributed by atoms with Gasteiger partial charge in [0.2, 0.25) is 0 Å². The SMILES string of the molecule is CC(C)=CCC(C(=O)c1ccccc1)=C(CC=C(C)C)C1C=CC=CC1. The maximum Gasteiger partial charge on any atom is 0.189 e. The lowest BCUT2D eigenvalue weighted by Crippen LogP contribution is -2.12. The van der Waals surface area contributed by atoms with E-state index in [-0.39, 0.29) is 5.78 Å². The molecule has 1 aromatic rings. The van der Waals surface area contributed by atoms with Crippen LogP contribution in [-0.4, -0.2) is 5.78 Å². The predicted molar refractivity (Wildman–Crippen MR) is 112 cm³/mol. The number of Topliss-reactive ketones (excluding diaryl/α,β-unsaturated/α-hetero) is 1. The summed E-state index contributed by atoms with van der Waals surface area (Å²) in [5.41, 5.74) is 5.49. The maximum absolute atomic E-state index is 13.3. The number of allylic oxidation sites excluding steroid dienone is 10. The predicted octanol–water partition coefficient (Wildman–Crippen LogP) is 7.01. The van der Waals surface area contributed by atoms with Crippen molar-refractivity contribution in [3.8, 4) is 0 Å². The van der Waals surface area contributed by atoms with Gasteiger partial charge in [-0.25, -0.2) is 0 Å². The molecule has 0 aliphatic heterocycles. The lowest BCUT2D eigenvalue weighted by atomic mass is 9.83. The summed E-state index contributed by atoms with van der Waals surface area (Å²) in [6.45, 7) is 8.40. The summed E-state index contributed by atoms with van der Waals surface area (Å²) in [4.78, 5) is 13.3. The minimum atomic E-state index is 0.156. The van der Waals surface area contributed by atoms with E-state index in [1.807, 2.05) is 30.3 Å². The third-order valence-electron chi connectivity index (χ3n) is 4.57. The lowest BCUT2D eigenvalue weighted by molar-refractivity contribution is 0.103. The topological polar surface area (TPSA) is 17.1 Å². The van der Waals surface area contributed by atoms with E-state index in [1.54, 1.807) is 0 Å². The zero-order valence-corrected chi connectivity index (χ0v) is 16.5. The Morgan fingerprint density at radius 3 is 2.19 bits per heavy atom. The molecule has 0 amide bonds. The number of rotatable bonds is 7. The summed E-state index contributed by atoms with van der Waals surface area (Å²) >= 11 is 0. The minimum Gasteiger partial charge on any atom is -0.289 e. The van der Waals surface area contributed by atoms with Crippen LogP contribution in [0.15, 0.2) is 89.1 Å². The van der Waals surface area contributed by atoms with Crippen molar-refractivity contribution >= 4 is 5.78 Å². The molecule has 1 unspecified atom stereocenters. The van der Waals surface area contributed by atoms with Crippen LogP contribution in [0.3, 0.4) is 0 Å². The molecule has 2 rings (SSSR count). The Balaban J connectivity index is 2.54. The molecule has 0 fully saturated rings. The molecule has 1 atom stereocenters. The monoisotopic (exact) mass is 346 g/mol. The molecular formula is C25H30O. The van der Waals surface area contributed by atoms with Crippen LogP contribution in [0.4, 0.5) is 0 Å². The smallest absolute Gasteiger partial charge is 0.189 e. The number of ketones is 1. The average molecular weight is 347 g/mol. The third-order valence-corrected chi connectivity index (χ3v) is 4.57. The molecule has 0 N–H and O–H groups in total. The summed E-state index contributed by atoms with van der Waals surface area (Å²) in [5, 5.41) is 0. The van der Waals surface area contributed by atoms with Gasteiger partial charge in [0.15, 0.2) is 5.78 Å². The van der Waals surface area contributed by atoms with E-state index in [9.17, 15) is 4.79 Å². The first kappa shape index (κ1) is 19.9. The molecule has 0 heterocycles. The molecule has 136 valence electrons. The van der Waals surface area contributed by atoms with Crippen molar-refractivity contribution < 1.29 is 4.79 Å². The van der Waals surface area contributed by atoms with Gasteiger partial charge < -0.3 is 0 Å². The van der Waals surface area contributed by atoms with Gasteiger partial charge in [-0.05, 0) is 47.0 Å². The minimum absolute atomic E-state index is 0.156. The lowest BCUT2D eigenvalue weighted by Gasteiger charge is -2.21. The molecular weight excluding hydrogens is 316 g/mol. The van der Waals surface area contributed by atoms with Crippen molar-refractivity contribution in [3.05, 3.63) is 94.6 Å². The summed E-state index contributed by atoms with van der Waals surface area (Å²) < 4.78 is 0. The standard InChI is InChI=1S/C25H30O/c1-19(2)15-17-23(21-11-7-5-8-12-21)24(18-16-20(3)4)25(26)22-13-9-6-10-14-22/h5-11,13-16,21H,12,17-18H2,1-4H3. The summed E-state index contributed by atoms with van der Waals surface area (Å²) in [6.07, 6.45) is 15.5. The third kappa shape index (κ3) is 5.84. The molecule has 0 bridgehead atoms. The van der Waals surface area contributed by atoms with Crippen LogP contribution in [0, 0.1) is 5.92 Å². The van der Waals surface area contributed by atoms with E-state index >= 15 is 0 Å². The van der Waals surface area contributed by atoms with E-state index in [0.717, 1.165) is 24.0 Å². The Kier molecular flexibility index (Phi) is 7.59. The zero-order valence-electron chi connectivity index (χ0n) is 16.5. The zero-order chi connectivity index (χ0) is 18.9. The van der Waals surface area contributed by atoms with E-state index in [2.05, 4.69) is 64.2 Å². The Labute approximate surface area is 158 Å². The molecule has 1 aromatic carbocycles. The van der Waals surface area contributed by atoms with Crippen molar-refractivity contribution in [3.63, 3.8) is 0 Å². The van der Waals surface area contributed by atoms with Crippen molar-refractivity contribution in [1.82, 2.24) is 0 Å². The number of benzene rings is 1. The Morgan fingerprint density at radius 1 is 0.962 bits per heavy atom. The van der Waals surface area contributed by atoms with E-state index in [1.165, 1.54) is 16.7 Å². The van der Waals surface area contributed by atoms with Crippen molar-refractivity contribution in [1.29, 1.82) is 0 Å². The van der Waals surface area contributed by atoms with Gasteiger partial charge in [0, 0.05) is 17.1 Å². The molecule has 0 saturated heterocycles. The highest BCUT2D eigenvalue weighted by atomic mass is 16.1. The number of hydrogen-bond donors (Lipinski definition) is 0. The van der Waals surface area contributed by atoms with Crippen LogP contribution >= 0.6 is 0 Å². The molecule has 1 aliphatic carbocycles. The molecule has 0 aromatic heterocycles. The van der Waals surface area contributed by atoms with Crippen LogP contribution in [0.2, 0.25) is 0 Å². The van der Waals surface area contributed by atoms with Crippen LogP contribution in [-0.2, 0) is 0 Å². The summed E-state index contributed by atoms with van der Waals surface area (Å²) in [7, 11) is 0. The van der Waals surface area contributed by atoms with E-state index in [4.69, 9.17) is 0 Å². The summed E-state index contributed by atoms with van der Waals surface area (Å²) in [6, 6.07) is 9.66. The first-order valence-electron chi connectivity index (χ1n) is 9.40. The first-order chi connectivity index (χ1) is 12.5. The summed E-state index contributed by atoms with van der Waals surface area (Å²) in [5.74, 6) is 0.451. The Morgan fingerprint density at radius 2 is 1.62 bits per heavy atom. The largest absolute Gasteiger partial charge is 0.289 e. The highest BCUT2D eigenvalue weighted by Gasteiger charge is 2.21. The second-order valence-corrected chi connectivity index (χ2v) is 7.33. The fourth-order valence-corrected chi connectivity index (χ4v) is 3.09. The van der Waals surface area contributed by atoms with Gasteiger partial charge in [-0.1, -0.05) is 83.5 Å². The molecule has 0 saturated carbocycles. The number of carbonyl (C=O) groups excluding carboxylic acids is 1. The highest BCUT2D eigenvalue weighted by Crippen LogP contribution is 2.31. The highest BCUT2D eigenvalue weighted by molar-refractivity contribution is 6.09. The van der Waals surface area contributed by atoms with Gasteiger partial charge in [-0.2, -0.15) is 0 Å². The van der Waals surface area contributed by atoms with Crippen LogP contribution < -0.4 is 0 Å². The van der Waals surface area contributed by atoms with Gasteiger partial charge in [-0.15, -0.1) is 0 Å². The second kappa shape index (κ2) is 9.91. The fraction of sp³-hybridized carbons (Fsp3) is 0.320. The van der Waals surface area contributed by atoms with Crippen molar-refractivity contribution in [2.75, 3.05) is 0 Å². The van der Waals surface area contributed by atoms with Crippen LogP contribution in [0.25, 0.3) is 0 Å². The average Bonchev–Trinajstić information content (AvgIpc) is 2.65. The van der Waals surface area contributed by atoms with Gasteiger partial charge >= 0.3 is 0 Å². The molecule has 1 aliphatic rings. The number of carbonyl (C=O) groups is 1. The molecule has 0 spiro atoms. The Hall–Kier alpha value is -2.41. The molecule has 0 radical (unpaired) electrons. The second-order valence-electron chi connectivity index (χ2n) is 7.33. The van der Waals surface area contributed by atoms with Gasteiger partial charge in [0.25, 0.3) is 0 Å². The van der Waals surface area contributed by atoms with E-state index in [0.29, 0.717) is 12.3 Å². The normalized spacial score (nSPS) is 16.7. The van der Waals surface area contributed by atoms with Crippen molar-refractivity contribution in [2.45, 2.75) is 47.0 Å².